The van der Waals surface area contributed by atoms with E-state index >= 15 is 0 Å². The van der Waals surface area contributed by atoms with Gasteiger partial charge < -0.3 is 9.47 Å². The lowest BCUT2D eigenvalue weighted by atomic mass is 9.88. The number of carbonyl (C=O) groups is 1. The van der Waals surface area contributed by atoms with Crippen molar-refractivity contribution in [1.82, 2.24) is 25.5 Å². The molecule has 2 aromatic heterocycles. The van der Waals surface area contributed by atoms with Gasteiger partial charge in [-0.25, -0.2) is 9.99 Å². The van der Waals surface area contributed by atoms with Crippen molar-refractivity contribution in [2.75, 3.05) is 24.0 Å². The quantitative estimate of drug-likeness (QED) is 0.364. The Morgan fingerprint density at radius 2 is 2.29 bits per heavy atom. The molecule has 168 valence electrons. The monoisotopic (exact) mass is 464 g/mol. The van der Waals surface area contributed by atoms with Crippen LogP contribution in [-0.2, 0) is 27.3 Å². The number of ether oxygens (including phenoxy) is 2. The first kappa shape index (κ1) is 21.2. The van der Waals surface area contributed by atoms with E-state index in [2.05, 4.69) is 44.4 Å². The van der Waals surface area contributed by atoms with Gasteiger partial charge in [0.25, 0.3) is 0 Å². The van der Waals surface area contributed by atoms with Gasteiger partial charge in [0.1, 0.15) is 11.2 Å². The molecular formula is C20H28N6O3S2. The highest BCUT2D eigenvalue weighted by molar-refractivity contribution is 7.99. The van der Waals surface area contributed by atoms with Gasteiger partial charge in [-0.15, -0.1) is 21.5 Å². The summed E-state index contributed by atoms with van der Waals surface area (Å²) >= 11 is 3.42. The minimum atomic E-state index is -0.145. The Morgan fingerprint density at radius 3 is 3.10 bits per heavy atom. The number of hydrogen-bond acceptors (Lipinski definition) is 10. The molecule has 3 aliphatic heterocycles. The molecule has 1 unspecified atom stereocenters. The summed E-state index contributed by atoms with van der Waals surface area (Å²) in [4.78, 5) is 12.9. The summed E-state index contributed by atoms with van der Waals surface area (Å²) in [5, 5.41) is 16.7. The maximum Gasteiger partial charge on any atom is 0.305 e. The third-order valence-electron chi connectivity index (χ3n) is 6.14. The van der Waals surface area contributed by atoms with E-state index in [0.29, 0.717) is 26.3 Å². The van der Waals surface area contributed by atoms with Gasteiger partial charge >= 0.3 is 5.97 Å². The molecule has 0 amide bonds. The van der Waals surface area contributed by atoms with E-state index in [1.54, 1.807) is 23.1 Å². The van der Waals surface area contributed by atoms with Crippen LogP contribution in [0.4, 0.5) is 5.95 Å². The van der Waals surface area contributed by atoms with Crippen LogP contribution >= 0.6 is 23.1 Å². The van der Waals surface area contributed by atoms with Crippen LogP contribution in [0, 0.1) is 0 Å². The van der Waals surface area contributed by atoms with Crippen LogP contribution in [0.15, 0.2) is 5.16 Å². The second kappa shape index (κ2) is 8.36. The minimum Gasteiger partial charge on any atom is -0.466 e. The van der Waals surface area contributed by atoms with Gasteiger partial charge in [0.2, 0.25) is 5.95 Å². The van der Waals surface area contributed by atoms with Gasteiger partial charge in [-0.1, -0.05) is 18.7 Å². The summed E-state index contributed by atoms with van der Waals surface area (Å²) in [6.07, 6.45) is 3.11. The van der Waals surface area contributed by atoms with Crippen LogP contribution in [0.5, 0.6) is 0 Å². The van der Waals surface area contributed by atoms with Gasteiger partial charge in [0.15, 0.2) is 5.16 Å². The minimum absolute atomic E-state index is 0.0487. The van der Waals surface area contributed by atoms with Gasteiger partial charge in [-0.3, -0.25) is 15.1 Å². The molecule has 1 fully saturated rings. The maximum absolute atomic E-state index is 11.6. The number of rotatable bonds is 7. The van der Waals surface area contributed by atoms with Crippen molar-refractivity contribution in [3.8, 4) is 5.00 Å². The van der Waals surface area contributed by atoms with E-state index in [9.17, 15) is 4.79 Å². The van der Waals surface area contributed by atoms with Crippen molar-refractivity contribution in [1.29, 1.82) is 0 Å². The molecule has 2 N–H and O–H groups in total. The summed E-state index contributed by atoms with van der Waals surface area (Å²) < 4.78 is 13.4. The van der Waals surface area contributed by atoms with Crippen LogP contribution in [0.1, 0.15) is 62.2 Å². The lowest BCUT2D eigenvalue weighted by Gasteiger charge is -2.35. The summed E-state index contributed by atoms with van der Waals surface area (Å²) in [5.74, 6) is 1.44. The molecule has 0 radical (unpaired) electrons. The average Bonchev–Trinajstić information content (AvgIpc) is 3.47. The summed E-state index contributed by atoms with van der Waals surface area (Å²) in [6, 6.07) is 0. The Morgan fingerprint density at radius 1 is 1.42 bits per heavy atom. The summed E-state index contributed by atoms with van der Waals surface area (Å²) in [5.41, 5.74) is 5.99. The van der Waals surface area contributed by atoms with Crippen LogP contribution in [0.25, 0.3) is 5.00 Å². The Kier molecular flexibility index (Phi) is 5.72. The molecule has 0 bridgehead atoms. The Labute approximate surface area is 189 Å². The Bertz CT molecular complexity index is 992. The number of thiophene rings is 1. The van der Waals surface area contributed by atoms with E-state index in [4.69, 9.17) is 9.47 Å². The molecule has 5 rings (SSSR count). The molecule has 2 atom stereocenters. The van der Waals surface area contributed by atoms with Crippen LogP contribution in [-0.4, -0.2) is 45.4 Å². The molecule has 5 heterocycles. The van der Waals surface area contributed by atoms with Crippen molar-refractivity contribution in [2.45, 2.75) is 70.0 Å². The maximum atomic E-state index is 11.6. The third kappa shape index (κ3) is 3.66. The molecule has 3 aliphatic rings. The predicted molar refractivity (Wildman–Crippen MR) is 119 cm³/mol. The van der Waals surface area contributed by atoms with Gasteiger partial charge in [0, 0.05) is 29.0 Å². The molecule has 0 aromatic carbocycles. The number of fused-ring (bicyclic) bond motifs is 8. The van der Waals surface area contributed by atoms with Gasteiger partial charge in [0.05, 0.1) is 25.5 Å². The first-order valence-corrected chi connectivity index (χ1v) is 12.6. The Hall–Kier alpha value is -1.66. The number of nitrogens with one attached hydrogen (secondary N) is 2. The van der Waals surface area contributed by atoms with E-state index < -0.39 is 0 Å². The smallest absolute Gasteiger partial charge is 0.305 e. The average molecular weight is 465 g/mol. The van der Waals surface area contributed by atoms with Crippen molar-refractivity contribution in [3.63, 3.8) is 0 Å². The molecular weight excluding hydrogens is 436 g/mol. The number of esters is 1. The molecule has 0 saturated carbocycles. The number of nitrogens with zero attached hydrogens (tertiary/aromatic N) is 4. The van der Waals surface area contributed by atoms with Crippen molar-refractivity contribution >= 4 is 35.0 Å². The highest BCUT2D eigenvalue weighted by atomic mass is 32.2. The third-order valence-corrected chi connectivity index (χ3v) is 8.36. The van der Waals surface area contributed by atoms with Crippen molar-refractivity contribution in [2.24, 2.45) is 0 Å². The number of anilines is 1. The number of hydrogen-bond donors (Lipinski definition) is 2. The Balaban J connectivity index is 1.45. The lowest BCUT2D eigenvalue weighted by molar-refractivity contribution is -0.143. The van der Waals surface area contributed by atoms with E-state index in [1.807, 2.05) is 6.92 Å². The SMILES string of the molecule is CCOC(=O)CCCSc1nnc2n1-c1sc3c(c1C1NCNN21)C[C@](C)(CC)OC3. The van der Waals surface area contributed by atoms with Gasteiger partial charge in [-0.2, -0.15) is 0 Å². The van der Waals surface area contributed by atoms with Crippen LogP contribution in [0.2, 0.25) is 0 Å². The second-order valence-corrected chi connectivity index (χ2v) is 10.3. The molecule has 1 saturated heterocycles. The van der Waals surface area contributed by atoms with E-state index in [1.165, 1.54) is 21.0 Å². The summed E-state index contributed by atoms with van der Waals surface area (Å²) in [6.45, 7) is 7.98. The number of carbonyl (C=O) groups excluding carboxylic acids is 1. The predicted octanol–water partition coefficient (Wildman–Crippen LogP) is 2.89. The standard InChI is InChI=1S/C20H28N6O3S2/c1-4-20(3)9-12-13(10-29-20)31-17-15(12)16-21-11-22-26(16)18-23-24-19(25(17)18)30-8-6-7-14(27)28-5-2/h16,21-22H,4-11H2,1-3H3/t16?,20-/m0/s1. The fourth-order valence-corrected chi connectivity index (χ4v) is 6.48. The highest BCUT2D eigenvalue weighted by Crippen LogP contribution is 2.49. The van der Waals surface area contributed by atoms with E-state index in [-0.39, 0.29) is 17.7 Å². The number of thioether (sulfide) groups is 1. The second-order valence-electron chi connectivity index (χ2n) is 8.18. The zero-order chi connectivity index (χ0) is 21.6. The van der Waals surface area contributed by atoms with Crippen LogP contribution in [0.3, 0.4) is 0 Å². The highest BCUT2D eigenvalue weighted by Gasteiger charge is 2.44. The van der Waals surface area contributed by atoms with Crippen LogP contribution < -0.4 is 15.8 Å². The number of aromatic nitrogens is 3. The normalized spacial score (nSPS) is 23.8. The first-order valence-electron chi connectivity index (χ1n) is 10.8. The topological polar surface area (TPSA) is 93.5 Å². The summed E-state index contributed by atoms with van der Waals surface area (Å²) in [7, 11) is 0. The zero-order valence-corrected chi connectivity index (χ0v) is 19.7. The fourth-order valence-electron chi connectivity index (χ4n) is 4.29. The van der Waals surface area contributed by atoms with Crippen molar-refractivity contribution in [3.05, 3.63) is 16.0 Å². The fraction of sp³-hybridized carbons (Fsp3) is 0.650. The molecule has 0 aliphatic carbocycles. The first-order chi connectivity index (χ1) is 15.0. The molecule has 0 spiro atoms. The molecule has 31 heavy (non-hydrogen) atoms. The van der Waals surface area contributed by atoms with E-state index in [0.717, 1.165) is 36.1 Å². The lowest BCUT2D eigenvalue weighted by Crippen LogP contribution is -2.40. The largest absolute Gasteiger partial charge is 0.466 e. The van der Waals surface area contributed by atoms with Crippen molar-refractivity contribution < 1.29 is 14.3 Å². The zero-order valence-electron chi connectivity index (χ0n) is 18.1. The van der Waals surface area contributed by atoms with Gasteiger partial charge in [-0.05, 0) is 32.3 Å². The molecule has 9 nitrogen and oxygen atoms in total. The molecule has 2 aromatic rings. The number of hydrazine groups is 1. The molecule has 11 heteroatoms.